The molecule has 0 aromatic heterocycles. The van der Waals surface area contributed by atoms with Crippen LogP contribution in [0.2, 0.25) is 0 Å². The summed E-state index contributed by atoms with van der Waals surface area (Å²) in [7, 11) is 1.23. The van der Waals surface area contributed by atoms with E-state index in [0.717, 1.165) is 5.56 Å². The minimum Gasteiger partial charge on any atom is -0.467 e. The maximum atomic E-state index is 12.0. The van der Waals surface area contributed by atoms with Gasteiger partial charge < -0.3 is 25.2 Å². The molecule has 1 rings (SSSR count). The molecule has 8 nitrogen and oxygen atoms in total. The van der Waals surface area contributed by atoms with Crippen LogP contribution in [0.3, 0.4) is 0 Å². The van der Waals surface area contributed by atoms with Crippen molar-refractivity contribution >= 4 is 18.0 Å². The van der Waals surface area contributed by atoms with Gasteiger partial charge in [-0.15, -0.1) is 6.58 Å². The van der Waals surface area contributed by atoms with E-state index in [-0.39, 0.29) is 19.6 Å². The zero-order valence-electron chi connectivity index (χ0n) is 15.3. The van der Waals surface area contributed by atoms with Gasteiger partial charge >= 0.3 is 12.1 Å². The standard InChI is InChI=1S/C19H26N2O6/c1-3-4-10-16(18(24)26-2)21-17(23)11-15(22)12-20-19(25)27-13-14-8-6-5-7-9-14/h3,5-9,15-16,22H,1,4,10-13H2,2H3,(H,20,25)(H,21,23)/t15-,16+/m0/s1. The van der Waals surface area contributed by atoms with Crippen molar-refractivity contribution < 1.29 is 29.0 Å². The number of benzene rings is 1. The molecule has 0 aliphatic heterocycles. The highest BCUT2D eigenvalue weighted by atomic mass is 16.5. The van der Waals surface area contributed by atoms with E-state index < -0.39 is 30.1 Å². The molecule has 1 aromatic rings. The minimum atomic E-state index is -1.12. The Bertz CT molecular complexity index is 620. The quantitative estimate of drug-likeness (QED) is 0.395. The van der Waals surface area contributed by atoms with Gasteiger partial charge in [-0.25, -0.2) is 9.59 Å². The number of aliphatic hydroxyl groups excluding tert-OH is 1. The lowest BCUT2D eigenvalue weighted by Crippen LogP contribution is -2.43. The molecule has 0 saturated carbocycles. The van der Waals surface area contributed by atoms with Crippen molar-refractivity contribution in [1.82, 2.24) is 10.6 Å². The number of carbonyl (C=O) groups is 3. The third-order valence-corrected chi connectivity index (χ3v) is 3.60. The summed E-state index contributed by atoms with van der Waals surface area (Å²) in [5, 5.41) is 14.8. The number of esters is 1. The van der Waals surface area contributed by atoms with Crippen LogP contribution in [0.15, 0.2) is 43.0 Å². The average molecular weight is 378 g/mol. The van der Waals surface area contributed by atoms with E-state index in [9.17, 15) is 19.5 Å². The number of ether oxygens (including phenoxy) is 2. The number of nitrogens with one attached hydrogen (secondary N) is 2. The molecular weight excluding hydrogens is 352 g/mol. The molecule has 0 heterocycles. The van der Waals surface area contributed by atoms with Crippen molar-refractivity contribution in [2.75, 3.05) is 13.7 Å². The van der Waals surface area contributed by atoms with Crippen LogP contribution in [0, 0.1) is 0 Å². The van der Waals surface area contributed by atoms with Crippen LogP contribution in [-0.4, -0.2) is 48.9 Å². The molecule has 0 saturated heterocycles. The van der Waals surface area contributed by atoms with Crippen LogP contribution in [0.4, 0.5) is 4.79 Å². The maximum Gasteiger partial charge on any atom is 0.407 e. The fourth-order valence-electron chi connectivity index (χ4n) is 2.19. The predicted octanol–water partition coefficient (Wildman–Crippen LogP) is 1.29. The van der Waals surface area contributed by atoms with Crippen molar-refractivity contribution in [3.05, 3.63) is 48.6 Å². The summed E-state index contributed by atoms with van der Waals surface area (Å²) >= 11 is 0. The topological polar surface area (TPSA) is 114 Å². The fraction of sp³-hybridized carbons (Fsp3) is 0.421. The fourth-order valence-corrected chi connectivity index (χ4v) is 2.19. The van der Waals surface area contributed by atoms with Gasteiger partial charge in [0.15, 0.2) is 0 Å². The third kappa shape index (κ3) is 9.41. The molecule has 0 aliphatic rings. The van der Waals surface area contributed by atoms with E-state index in [1.807, 2.05) is 30.3 Å². The van der Waals surface area contributed by atoms with E-state index in [4.69, 9.17) is 4.74 Å². The monoisotopic (exact) mass is 378 g/mol. The van der Waals surface area contributed by atoms with Crippen LogP contribution < -0.4 is 10.6 Å². The van der Waals surface area contributed by atoms with Crippen LogP contribution in [0.25, 0.3) is 0 Å². The molecule has 0 fully saturated rings. The van der Waals surface area contributed by atoms with Gasteiger partial charge in [-0.3, -0.25) is 4.79 Å². The highest BCUT2D eigenvalue weighted by Crippen LogP contribution is 2.03. The number of allylic oxidation sites excluding steroid dienone is 1. The average Bonchev–Trinajstić information content (AvgIpc) is 2.68. The van der Waals surface area contributed by atoms with E-state index in [1.54, 1.807) is 6.08 Å². The Morgan fingerprint density at radius 2 is 1.96 bits per heavy atom. The van der Waals surface area contributed by atoms with Crippen LogP contribution >= 0.6 is 0 Å². The Morgan fingerprint density at radius 3 is 2.59 bits per heavy atom. The van der Waals surface area contributed by atoms with Gasteiger partial charge in [0.05, 0.1) is 19.6 Å². The molecular formula is C19H26N2O6. The molecule has 2 amide bonds. The number of rotatable bonds is 11. The van der Waals surface area contributed by atoms with Crippen LogP contribution in [-0.2, 0) is 25.7 Å². The van der Waals surface area contributed by atoms with Crippen LogP contribution in [0.1, 0.15) is 24.8 Å². The van der Waals surface area contributed by atoms with Crippen molar-refractivity contribution in [3.8, 4) is 0 Å². The number of amides is 2. The summed E-state index contributed by atoms with van der Waals surface area (Å²) < 4.78 is 9.64. The van der Waals surface area contributed by atoms with Gasteiger partial charge in [-0.05, 0) is 18.4 Å². The Labute approximate surface area is 158 Å². The van der Waals surface area contributed by atoms with Gasteiger partial charge in [-0.2, -0.15) is 0 Å². The highest BCUT2D eigenvalue weighted by Gasteiger charge is 2.22. The number of aliphatic hydroxyl groups is 1. The van der Waals surface area contributed by atoms with E-state index >= 15 is 0 Å². The Kier molecular flexibility index (Phi) is 10.2. The predicted molar refractivity (Wildman–Crippen MR) is 98.6 cm³/mol. The SMILES string of the molecule is C=CCC[C@@H](NC(=O)C[C@H](O)CNC(=O)OCc1ccccc1)C(=O)OC. The summed E-state index contributed by atoms with van der Waals surface area (Å²) in [5.74, 6) is -1.09. The second kappa shape index (κ2) is 12.5. The largest absolute Gasteiger partial charge is 0.467 e. The lowest BCUT2D eigenvalue weighted by atomic mass is 10.1. The molecule has 148 valence electrons. The van der Waals surface area contributed by atoms with Gasteiger partial charge in [0, 0.05) is 6.54 Å². The first-order valence-electron chi connectivity index (χ1n) is 8.57. The number of carbonyl (C=O) groups excluding carboxylic acids is 3. The molecule has 0 spiro atoms. The summed E-state index contributed by atoms with van der Waals surface area (Å²) in [6, 6.07) is 8.34. The normalized spacial score (nSPS) is 12.4. The second-order valence-corrected chi connectivity index (χ2v) is 5.81. The Balaban J connectivity index is 2.31. The van der Waals surface area contributed by atoms with Gasteiger partial charge in [-0.1, -0.05) is 36.4 Å². The third-order valence-electron chi connectivity index (χ3n) is 3.60. The molecule has 0 aliphatic carbocycles. The van der Waals surface area contributed by atoms with Gasteiger partial charge in [0.1, 0.15) is 12.6 Å². The molecule has 3 N–H and O–H groups in total. The number of methoxy groups -OCH3 is 1. The van der Waals surface area contributed by atoms with Crippen molar-refractivity contribution in [1.29, 1.82) is 0 Å². The maximum absolute atomic E-state index is 12.0. The summed E-state index contributed by atoms with van der Waals surface area (Å²) in [4.78, 5) is 35.2. The zero-order valence-corrected chi connectivity index (χ0v) is 15.3. The zero-order chi connectivity index (χ0) is 20.1. The smallest absolute Gasteiger partial charge is 0.407 e. The number of hydrogen-bond acceptors (Lipinski definition) is 6. The van der Waals surface area contributed by atoms with Gasteiger partial charge in [0.2, 0.25) is 5.91 Å². The lowest BCUT2D eigenvalue weighted by Gasteiger charge is -2.17. The van der Waals surface area contributed by atoms with Crippen LogP contribution in [0.5, 0.6) is 0 Å². The van der Waals surface area contributed by atoms with E-state index in [0.29, 0.717) is 12.8 Å². The molecule has 1 aromatic carbocycles. The highest BCUT2D eigenvalue weighted by molar-refractivity contribution is 5.84. The summed E-state index contributed by atoms with van der Waals surface area (Å²) in [6.07, 6.45) is 0.408. The summed E-state index contributed by atoms with van der Waals surface area (Å²) in [6.45, 7) is 3.51. The number of alkyl carbamates (subject to hydrolysis) is 1. The number of hydrogen-bond donors (Lipinski definition) is 3. The van der Waals surface area contributed by atoms with E-state index in [2.05, 4.69) is 21.9 Å². The lowest BCUT2D eigenvalue weighted by molar-refractivity contribution is -0.145. The first kappa shape index (κ1) is 22.2. The first-order chi connectivity index (χ1) is 13.0. The Morgan fingerprint density at radius 1 is 1.26 bits per heavy atom. The summed E-state index contributed by atoms with van der Waals surface area (Å²) in [5.41, 5.74) is 0.834. The van der Waals surface area contributed by atoms with Crippen molar-refractivity contribution in [2.24, 2.45) is 0 Å². The van der Waals surface area contributed by atoms with E-state index in [1.165, 1.54) is 7.11 Å². The van der Waals surface area contributed by atoms with Crippen molar-refractivity contribution in [2.45, 2.75) is 38.0 Å². The molecule has 0 unspecified atom stereocenters. The molecule has 0 radical (unpaired) electrons. The molecule has 27 heavy (non-hydrogen) atoms. The Hall–Kier alpha value is -2.87. The molecule has 0 bridgehead atoms. The molecule has 2 atom stereocenters. The van der Waals surface area contributed by atoms with Gasteiger partial charge in [0.25, 0.3) is 0 Å². The first-order valence-corrected chi connectivity index (χ1v) is 8.57. The molecule has 8 heteroatoms. The minimum absolute atomic E-state index is 0.105. The second-order valence-electron chi connectivity index (χ2n) is 5.81. The van der Waals surface area contributed by atoms with Crippen molar-refractivity contribution in [3.63, 3.8) is 0 Å².